The van der Waals surface area contributed by atoms with Gasteiger partial charge in [-0.2, -0.15) is 4.98 Å². The summed E-state index contributed by atoms with van der Waals surface area (Å²) in [6.07, 6.45) is 2.38. The van der Waals surface area contributed by atoms with Crippen molar-refractivity contribution in [3.8, 4) is 17.1 Å². The molecule has 6 heterocycles. The molecule has 2 saturated heterocycles. The van der Waals surface area contributed by atoms with Gasteiger partial charge in [-0.05, 0) is 51.5 Å². The second kappa shape index (κ2) is 9.68. The molecule has 11 heteroatoms. The van der Waals surface area contributed by atoms with E-state index >= 15 is 0 Å². The lowest BCUT2D eigenvalue weighted by Gasteiger charge is -2.36. The van der Waals surface area contributed by atoms with Crippen LogP contribution in [0.15, 0.2) is 42.6 Å². The fraction of sp³-hybridized carbons (Fsp3) is 0.407. The molecule has 1 N–H and O–H groups in total. The molecular weight excluding hydrogens is 508 g/mol. The number of carbonyl (C=O) groups is 1. The maximum absolute atomic E-state index is 13.7. The first kappa shape index (κ1) is 24.8. The predicted molar refractivity (Wildman–Crippen MR) is 144 cm³/mol. The van der Waals surface area contributed by atoms with Crippen LogP contribution >= 0.6 is 11.6 Å². The van der Waals surface area contributed by atoms with E-state index in [1.54, 1.807) is 29.3 Å². The molecule has 2 bridgehead atoms. The SMILES string of the molecule is Cc1cc(-c2nc3c(cc2Cl)N2CC[C@@H](C2)N3C(=O)Nc2cccc(OCC3COC(C)(C)O3)n2)ccn1. The van der Waals surface area contributed by atoms with Gasteiger partial charge in [-0.25, -0.2) is 9.78 Å². The molecule has 2 atom stereocenters. The number of urea groups is 1. The first-order valence-corrected chi connectivity index (χ1v) is 13.0. The summed E-state index contributed by atoms with van der Waals surface area (Å²) in [5, 5.41) is 3.47. The Morgan fingerprint density at radius 3 is 2.92 bits per heavy atom. The van der Waals surface area contributed by atoms with E-state index in [1.165, 1.54) is 0 Å². The Kier molecular flexibility index (Phi) is 6.33. The molecule has 6 rings (SSSR count). The summed E-state index contributed by atoms with van der Waals surface area (Å²) in [5.74, 6) is 0.741. The first-order valence-electron chi connectivity index (χ1n) is 12.7. The number of nitrogens with one attached hydrogen (secondary N) is 1. The molecule has 3 aromatic rings. The predicted octanol–water partition coefficient (Wildman–Crippen LogP) is 4.66. The van der Waals surface area contributed by atoms with Crippen LogP contribution in [0.4, 0.5) is 22.1 Å². The number of pyridine rings is 3. The molecule has 198 valence electrons. The van der Waals surface area contributed by atoms with Crippen LogP contribution in [0.1, 0.15) is 26.0 Å². The summed E-state index contributed by atoms with van der Waals surface area (Å²) in [6.45, 7) is 7.96. The minimum atomic E-state index is -0.619. The van der Waals surface area contributed by atoms with Crippen LogP contribution in [0, 0.1) is 6.92 Å². The average molecular weight is 537 g/mol. The minimum Gasteiger partial charge on any atom is -0.475 e. The fourth-order valence-electron chi connectivity index (χ4n) is 5.14. The van der Waals surface area contributed by atoms with Crippen LogP contribution in [0.3, 0.4) is 0 Å². The highest BCUT2D eigenvalue weighted by Crippen LogP contribution is 2.43. The normalized spacial score (nSPS) is 21.4. The Hall–Kier alpha value is -3.47. The largest absolute Gasteiger partial charge is 0.475 e. The highest BCUT2D eigenvalue weighted by atomic mass is 35.5. The van der Waals surface area contributed by atoms with E-state index in [-0.39, 0.29) is 18.2 Å². The van der Waals surface area contributed by atoms with Gasteiger partial charge in [0, 0.05) is 36.6 Å². The van der Waals surface area contributed by atoms with Gasteiger partial charge >= 0.3 is 6.03 Å². The average Bonchev–Trinajstić information content (AvgIpc) is 3.46. The molecule has 0 aromatic carbocycles. The van der Waals surface area contributed by atoms with Gasteiger partial charge < -0.3 is 19.1 Å². The van der Waals surface area contributed by atoms with Crippen molar-refractivity contribution in [2.45, 2.75) is 45.1 Å². The van der Waals surface area contributed by atoms with Crippen LogP contribution in [0.25, 0.3) is 11.3 Å². The number of ether oxygens (including phenoxy) is 3. The van der Waals surface area contributed by atoms with Gasteiger partial charge in [0.2, 0.25) is 5.88 Å². The third-order valence-corrected chi connectivity index (χ3v) is 7.15. The third kappa shape index (κ3) is 4.87. The monoisotopic (exact) mass is 536 g/mol. The van der Waals surface area contributed by atoms with E-state index in [9.17, 15) is 4.79 Å². The number of carbonyl (C=O) groups excluding carboxylic acids is 1. The Bertz CT molecular complexity index is 1390. The smallest absolute Gasteiger partial charge is 0.329 e. The summed E-state index contributed by atoms with van der Waals surface area (Å²) < 4.78 is 17.2. The van der Waals surface area contributed by atoms with E-state index in [4.69, 9.17) is 30.8 Å². The lowest BCUT2D eigenvalue weighted by atomic mass is 10.1. The van der Waals surface area contributed by atoms with E-state index in [2.05, 4.69) is 20.2 Å². The van der Waals surface area contributed by atoms with E-state index < -0.39 is 5.79 Å². The van der Waals surface area contributed by atoms with E-state index in [0.717, 1.165) is 36.5 Å². The Balaban J connectivity index is 1.23. The van der Waals surface area contributed by atoms with Gasteiger partial charge in [-0.3, -0.25) is 15.2 Å². The number of aromatic nitrogens is 3. The van der Waals surface area contributed by atoms with Gasteiger partial charge in [0.05, 0.1) is 29.1 Å². The number of anilines is 3. The van der Waals surface area contributed by atoms with Crippen LogP contribution in [-0.4, -0.2) is 65.2 Å². The van der Waals surface area contributed by atoms with Gasteiger partial charge in [0.25, 0.3) is 0 Å². The van der Waals surface area contributed by atoms with Crippen molar-refractivity contribution in [1.29, 1.82) is 0 Å². The summed E-state index contributed by atoms with van der Waals surface area (Å²) in [5.41, 5.74) is 3.18. The molecule has 3 aliphatic rings. The molecule has 0 saturated carbocycles. The van der Waals surface area contributed by atoms with Crippen molar-refractivity contribution in [3.05, 3.63) is 53.3 Å². The molecule has 3 aliphatic heterocycles. The zero-order valence-corrected chi connectivity index (χ0v) is 22.2. The number of aryl methyl sites for hydroxylation is 1. The Morgan fingerprint density at radius 1 is 1.26 bits per heavy atom. The lowest BCUT2D eigenvalue weighted by molar-refractivity contribution is -0.141. The molecule has 0 spiro atoms. The molecule has 2 fully saturated rings. The third-order valence-electron chi connectivity index (χ3n) is 6.87. The number of amides is 2. The zero-order valence-electron chi connectivity index (χ0n) is 21.5. The van der Waals surface area contributed by atoms with E-state index in [1.807, 2.05) is 39.0 Å². The van der Waals surface area contributed by atoms with Crippen molar-refractivity contribution in [2.24, 2.45) is 0 Å². The summed E-state index contributed by atoms with van der Waals surface area (Å²) in [6, 6.07) is 10.7. The van der Waals surface area contributed by atoms with Crippen LogP contribution in [-0.2, 0) is 9.47 Å². The van der Waals surface area contributed by atoms with Crippen molar-refractivity contribution >= 4 is 35.0 Å². The zero-order chi connectivity index (χ0) is 26.4. The van der Waals surface area contributed by atoms with Gasteiger partial charge in [0.15, 0.2) is 11.6 Å². The van der Waals surface area contributed by atoms with Crippen molar-refractivity contribution in [2.75, 3.05) is 41.4 Å². The highest BCUT2D eigenvalue weighted by molar-refractivity contribution is 6.33. The maximum atomic E-state index is 13.7. The number of rotatable bonds is 5. The second-order valence-corrected chi connectivity index (χ2v) is 10.6. The Labute approximate surface area is 225 Å². The summed E-state index contributed by atoms with van der Waals surface area (Å²) >= 11 is 6.68. The molecule has 0 radical (unpaired) electrons. The van der Waals surface area contributed by atoms with Crippen LogP contribution in [0.5, 0.6) is 5.88 Å². The molecule has 2 amide bonds. The van der Waals surface area contributed by atoms with Crippen molar-refractivity contribution < 1.29 is 19.0 Å². The summed E-state index contributed by atoms with van der Waals surface area (Å²) in [4.78, 5) is 31.3. The number of halogens is 1. The van der Waals surface area contributed by atoms with Gasteiger partial charge in [0.1, 0.15) is 18.5 Å². The van der Waals surface area contributed by atoms with Crippen molar-refractivity contribution in [1.82, 2.24) is 15.0 Å². The van der Waals surface area contributed by atoms with Gasteiger partial charge in [-0.15, -0.1) is 0 Å². The fourth-order valence-corrected chi connectivity index (χ4v) is 5.39. The number of nitrogens with zero attached hydrogens (tertiary/aromatic N) is 5. The minimum absolute atomic E-state index is 0.00879. The summed E-state index contributed by atoms with van der Waals surface area (Å²) in [7, 11) is 0. The standard InChI is InChI=1S/C27H29ClN6O4/c1-16-11-17(7-9-29-16)24-20(28)12-21-25(32-24)34(18-8-10-33(21)13-18)26(35)31-22-5-4-6-23(30-22)36-14-19-15-37-27(2,3)38-19/h4-7,9,11-12,18-19H,8,10,13-15H2,1-3H3,(H,30,31,35)/t18-,19?/m0/s1. The molecule has 1 unspecified atom stereocenters. The van der Waals surface area contributed by atoms with Crippen LogP contribution in [0.2, 0.25) is 5.02 Å². The number of hydrogen-bond donors (Lipinski definition) is 1. The lowest BCUT2D eigenvalue weighted by Crippen LogP contribution is -2.48. The molecule has 0 aliphatic carbocycles. The molecule has 3 aromatic heterocycles. The molecule has 10 nitrogen and oxygen atoms in total. The quantitative estimate of drug-likeness (QED) is 0.502. The number of hydrogen-bond acceptors (Lipinski definition) is 8. The molecule has 38 heavy (non-hydrogen) atoms. The van der Waals surface area contributed by atoms with Crippen LogP contribution < -0.4 is 19.9 Å². The highest BCUT2D eigenvalue weighted by Gasteiger charge is 2.41. The van der Waals surface area contributed by atoms with E-state index in [0.29, 0.717) is 41.4 Å². The molecular formula is C27H29ClN6O4. The Morgan fingerprint density at radius 2 is 2.13 bits per heavy atom. The first-order chi connectivity index (χ1) is 18.3. The second-order valence-electron chi connectivity index (χ2n) is 10.2. The van der Waals surface area contributed by atoms with Crippen molar-refractivity contribution in [3.63, 3.8) is 0 Å². The number of fused-ring (bicyclic) bond motifs is 4. The topological polar surface area (TPSA) is 102 Å². The van der Waals surface area contributed by atoms with Gasteiger partial charge in [-0.1, -0.05) is 17.7 Å². The maximum Gasteiger partial charge on any atom is 0.329 e.